The highest BCUT2D eigenvalue weighted by Gasteiger charge is 2.38. The molecule has 0 fully saturated rings. The number of halogens is 1. The first-order valence-corrected chi connectivity index (χ1v) is 9.53. The van der Waals surface area contributed by atoms with E-state index in [1.54, 1.807) is 26.4 Å². The zero-order valence-electron chi connectivity index (χ0n) is 16.3. The number of rotatable bonds is 4. The predicted molar refractivity (Wildman–Crippen MR) is 105 cm³/mol. The standard InChI is InChI=1S/C23H22FNO4/c1-28-20-8-5-14(11-21(20)29-2)15-9-18-23(19(26)10-15)17(12-22(27)25-18)13-3-6-16(24)7-4-13/h3-8,11,15,17H,9-10,12H2,1-2H3,(H,25,27). The molecule has 29 heavy (non-hydrogen) atoms. The van der Waals surface area contributed by atoms with Gasteiger partial charge in [0.25, 0.3) is 0 Å². The van der Waals surface area contributed by atoms with Gasteiger partial charge in [0, 0.05) is 30.0 Å². The monoisotopic (exact) mass is 395 g/mol. The van der Waals surface area contributed by atoms with Crippen LogP contribution < -0.4 is 14.8 Å². The molecule has 1 aliphatic heterocycles. The third kappa shape index (κ3) is 3.62. The maximum absolute atomic E-state index is 13.3. The molecule has 0 radical (unpaired) electrons. The molecule has 2 aromatic carbocycles. The molecule has 1 aliphatic carbocycles. The Morgan fingerprint density at radius 2 is 1.59 bits per heavy atom. The largest absolute Gasteiger partial charge is 0.493 e. The summed E-state index contributed by atoms with van der Waals surface area (Å²) >= 11 is 0. The van der Waals surface area contributed by atoms with Crippen molar-refractivity contribution in [1.29, 1.82) is 0 Å². The molecular formula is C23H22FNO4. The Balaban J connectivity index is 1.68. The average Bonchev–Trinajstić information content (AvgIpc) is 2.72. The van der Waals surface area contributed by atoms with Crippen LogP contribution >= 0.6 is 0 Å². The van der Waals surface area contributed by atoms with Crippen molar-refractivity contribution < 1.29 is 23.5 Å². The second kappa shape index (κ2) is 7.70. The molecule has 2 aliphatic rings. The topological polar surface area (TPSA) is 64.6 Å². The van der Waals surface area contributed by atoms with Crippen LogP contribution in [0.25, 0.3) is 0 Å². The Kier molecular flexibility index (Phi) is 5.09. The van der Waals surface area contributed by atoms with E-state index in [4.69, 9.17) is 9.47 Å². The van der Waals surface area contributed by atoms with E-state index in [-0.39, 0.29) is 35.8 Å². The van der Waals surface area contributed by atoms with Crippen molar-refractivity contribution >= 4 is 11.7 Å². The van der Waals surface area contributed by atoms with Crippen LogP contribution in [0.3, 0.4) is 0 Å². The molecule has 1 amide bonds. The van der Waals surface area contributed by atoms with Gasteiger partial charge in [-0.3, -0.25) is 9.59 Å². The summed E-state index contributed by atoms with van der Waals surface area (Å²) in [5, 5.41) is 2.90. The quantitative estimate of drug-likeness (QED) is 0.854. The maximum Gasteiger partial charge on any atom is 0.225 e. The lowest BCUT2D eigenvalue weighted by molar-refractivity contribution is -0.122. The molecule has 5 nitrogen and oxygen atoms in total. The van der Waals surface area contributed by atoms with E-state index in [1.807, 2.05) is 18.2 Å². The number of carbonyl (C=O) groups excluding carboxylic acids is 2. The molecule has 0 bridgehead atoms. The number of hydrogen-bond donors (Lipinski definition) is 1. The van der Waals surface area contributed by atoms with Gasteiger partial charge in [-0.2, -0.15) is 0 Å². The van der Waals surface area contributed by atoms with Crippen LogP contribution in [0, 0.1) is 5.82 Å². The van der Waals surface area contributed by atoms with E-state index in [9.17, 15) is 14.0 Å². The van der Waals surface area contributed by atoms with Crippen molar-refractivity contribution in [3.63, 3.8) is 0 Å². The molecule has 1 heterocycles. The predicted octanol–water partition coefficient (Wildman–Crippen LogP) is 3.85. The zero-order valence-corrected chi connectivity index (χ0v) is 16.3. The molecule has 2 aromatic rings. The van der Waals surface area contributed by atoms with Crippen molar-refractivity contribution in [2.75, 3.05) is 14.2 Å². The normalized spacial score (nSPS) is 21.5. The van der Waals surface area contributed by atoms with Crippen molar-refractivity contribution in [3.8, 4) is 11.5 Å². The minimum atomic E-state index is -0.341. The molecule has 0 saturated carbocycles. The number of ether oxygens (including phenoxy) is 2. The molecule has 150 valence electrons. The first-order chi connectivity index (χ1) is 14.0. The van der Waals surface area contributed by atoms with Gasteiger partial charge in [-0.25, -0.2) is 4.39 Å². The van der Waals surface area contributed by atoms with Crippen LogP contribution in [0.15, 0.2) is 53.7 Å². The van der Waals surface area contributed by atoms with Gasteiger partial charge in [-0.1, -0.05) is 18.2 Å². The van der Waals surface area contributed by atoms with Crippen molar-refractivity contribution in [1.82, 2.24) is 5.32 Å². The molecule has 6 heteroatoms. The molecular weight excluding hydrogens is 373 g/mol. The van der Waals surface area contributed by atoms with Crippen LogP contribution in [-0.4, -0.2) is 25.9 Å². The minimum absolute atomic E-state index is 0.0142. The SMILES string of the molecule is COc1ccc(C2CC(=O)C3=C(C2)NC(=O)CC3c2ccc(F)cc2)cc1OC. The van der Waals surface area contributed by atoms with E-state index in [2.05, 4.69) is 5.32 Å². The van der Waals surface area contributed by atoms with Crippen LogP contribution in [0.4, 0.5) is 4.39 Å². The second-order valence-corrected chi connectivity index (χ2v) is 7.39. The van der Waals surface area contributed by atoms with Gasteiger partial charge < -0.3 is 14.8 Å². The smallest absolute Gasteiger partial charge is 0.225 e. The highest BCUT2D eigenvalue weighted by atomic mass is 19.1. The van der Waals surface area contributed by atoms with Crippen molar-refractivity contribution in [3.05, 3.63) is 70.7 Å². The van der Waals surface area contributed by atoms with Crippen molar-refractivity contribution in [2.24, 2.45) is 0 Å². The molecule has 2 atom stereocenters. The number of nitrogens with one attached hydrogen (secondary N) is 1. The summed E-state index contributed by atoms with van der Waals surface area (Å²) in [6, 6.07) is 11.7. The fourth-order valence-corrected chi connectivity index (χ4v) is 4.28. The van der Waals surface area contributed by atoms with E-state index in [0.717, 1.165) is 11.1 Å². The highest BCUT2D eigenvalue weighted by molar-refractivity contribution is 6.02. The molecule has 1 N–H and O–H groups in total. The summed E-state index contributed by atoms with van der Waals surface area (Å²) in [4.78, 5) is 25.4. The van der Waals surface area contributed by atoms with Gasteiger partial charge in [-0.15, -0.1) is 0 Å². The Hall–Kier alpha value is -3.15. The molecule has 2 unspecified atom stereocenters. The Labute approximate surface area is 168 Å². The number of methoxy groups -OCH3 is 2. The van der Waals surface area contributed by atoms with Gasteiger partial charge in [0.15, 0.2) is 17.3 Å². The van der Waals surface area contributed by atoms with Crippen LogP contribution in [0.1, 0.15) is 42.2 Å². The van der Waals surface area contributed by atoms with Crippen LogP contribution in [0.2, 0.25) is 0 Å². The third-order valence-corrected chi connectivity index (χ3v) is 5.69. The van der Waals surface area contributed by atoms with E-state index >= 15 is 0 Å². The van der Waals surface area contributed by atoms with E-state index < -0.39 is 0 Å². The summed E-state index contributed by atoms with van der Waals surface area (Å²) in [7, 11) is 3.15. The van der Waals surface area contributed by atoms with E-state index in [0.29, 0.717) is 35.6 Å². The van der Waals surface area contributed by atoms with Gasteiger partial charge in [0.1, 0.15) is 5.82 Å². The summed E-state index contributed by atoms with van der Waals surface area (Å²) in [5.74, 6) is 0.382. The Bertz CT molecular complexity index is 996. The number of carbonyl (C=O) groups is 2. The molecule has 0 spiro atoms. The van der Waals surface area contributed by atoms with Gasteiger partial charge in [0.05, 0.1) is 14.2 Å². The molecule has 0 saturated heterocycles. The fraction of sp³-hybridized carbons (Fsp3) is 0.304. The number of ketones is 1. The second-order valence-electron chi connectivity index (χ2n) is 7.39. The number of hydrogen-bond acceptors (Lipinski definition) is 4. The van der Waals surface area contributed by atoms with E-state index in [1.165, 1.54) is 12.1 Å². The third-order valence-electron chi connectivity index (χ3n) is 5.69. The Morgan fingerprint density at radius 1 is 0.897 bits per heavy atom. The van der Waals surface area contributed by atoms with Crippen molar-refractivity contribution in [2.45, 2.75) is 31.1 Å². The number of Topliss-reactive ketones (excluding diaryl/α,β-unsaturated/α-hetero) is 1. The summed E-state index contributed by atoms with van der Waals surface area (Å²) in [6.45, 7) is 0. The first kappa shape index (κ1) is 19.2. The first-order valence-electron chi connectivity index (χ1n) is 9.53. The number of benzene rings is 2. The molecule has 4 rings (SSSR count). The lowest BCUT2D eigenvalue weighted by Gasteiger charge is -2.34. The zero-order chi connectivity index (χ0) is 20.5. The fourth-order valence-electron chi connectivity index (χ4n) is 4.28. The Morgan fingerprint density at radius 3 is 2.28 bits per heavy atom. The van der Waals surface area contributed by atoms with Gasteiger partial charge in [0.2, 0.25) is 5.91 Å². The summed E-state index contributed by atoms with van der Waals surface area (Å²) < 4.78 is 24.0. The molecule has 0 aromatic heterocycles. The van der Waals surface area contributed by atoms with Crippen LogP contribution in [0.5, 0.6) is 11.5 Å². The van der Waals surface area contributed by atoms with Crippen LogP contribution in [-0.2, 0) is 9.59 Å². The average molecular weight is 395 g/mol. The van der Waals surface area contributed by atoms with Gasteiger partial charge in [-0.05, 0) is 47.7 Å². The minimum Gasteiger partial charge on any atom is -0.493 e. The lowest BCUT2D eigenvalue weighted by Crippen LogP contribution is -2.38. The van der Waals surface area contributed by atoms with Gasteiger partial charge >= 0.3 is 0 Å². The lowest BCUT2D eigenvalue weighted by atomic mass is 9.73. The number of allylic oxidation sites excluding steroid dienone is 2. The summed E-state index contributed by atoms with van der Waals surface area (Å²) in [6.07, 6.45) is 1.10. The number of amides is 1. The maximum atomic E-state index is 13.3. The summed E-state index contributed by atoms with van der Waals surface area (Å²) in [5.41, 5.74) is 3.06. The highest BCUT2D eigenvalue weighted by Crippen LogP contribution is 2.43.